The molecule has 1 N–H and O–H groups in total. The summed E-state index contributed by atoms with van der Waals surface area (Å²) in [5, 5.41) is 9.85. The third-order valence-corrected chi connectivity index (χ3v) is 5.01. The molecule has 0 heterocycles. The lowest BCUT2D eigenvalue weighted by molar-refractivity contribution is 0.173. The number of rotatable bonds is 5. The third-order valence-electron chi connectivity index (χ3n) is 5.01. The highest BCUT2D eigenvalue weighted by Gasteiger charge is 2.23. The molecule has 1 aromatic carbocycles. The summed E-state index contributed by atoms with van der Waals surface area (Å²) in [4.78, 5) is 2.42. The van der Waals surface area contributed by atoms with E-state index in [0.29, 0.717) is 6.04 Å². The average Bonchev–Trinajstić information content (AvgIpc) is 2.53. The summed E-state index contributed by atoms with van der Waals surface area (Å²) in [6.07, 6.45) is 7.16. The minimum atomic E-state index is -0.325. The van der Waals surface area contributed by atoms with Crippen LogP contribution in [-0.2, 0) is 0 Å². The Balaban J connectivity index is 1.97. The monoisotopic (exact) mass is 275 g/mol. The maximum atomic E-state index is 9.85. The Labute approximate surface area is 123 Å². The summed E-state index contributed by atoms with van der Waals surface area (Å²) < 4.78 is 0. The number of aliphatic hydroxyl groups is 1. The van der Waals surface area contributed by atoms with Crippen LogP contribution in [0.3, 0.4) is 0 Å². The van der Waals surface area contributed by atoms with Crippen LogP contribution in [0, 0.1) is 5.92 Å². The van der Waals surface area contributed by atoms with E-state index in [1.54, 1.807) is 0 Å². The molecular formula is C18H29NO. The quantitative estimate of drug-likeness (QED) is 0.853. The van der Waals surface area contributed by atoms with E-state index in [2.05, 4.69) is 43.1 Å². The number of hydrogen-bond donors (Lipinski definition) is 1. The fourth-order valence-electron chi connectivity index (χ4n) is 3.32. The van der Waals surface area contributed by atoms with E-state index in [1.165, 1.54) is 37.8 Å². The topological polar surface area (TPSA) is 23.5 Å². The molecule has 0 bridgehead atoms. The first-order valence-corrected chi connectivity index (χ1v) is 8.16. The second-order valence-electron chi connectivity index (χ2n) is 6.21. The first-order chi connectivity index (χ1) is 9.65. The zero-order chi connectivity index (χ0) is 14.5. The highest BCUT2D eigenvalue weighted by Crippen LogP contribution is 2.31. The Bertz CT molecular complexity index is 392. The maximum Gasteiger partial charge on any atom is 0.0787 e. The first-order valence-electron chi connectivity index (χ1n) is 8.16. The molecule has 0 aliphatic heterocycles. The molecule has 2 heteroatoms. The average molecular weight is 275 g/mol. The lowest BCUT2D eigenvalue weighted by Crippen LogP contribution is -2.35. The minimum absolute atomic E-state index is 0.325. The van der Waals surface area contributed by atoms with E-state index in [4.69, 9.17) is 0 Å². The van der Waals surface area contributed by atoms with Gasteiger partial charge in [0.25, 0.3) is 0 Å². The Morgan fingerprint density at radius 3 is 2.20 bits per heavy atom. The van der Waals surface area contributed by atoms with Crippen molar-refractivity contribution in [1.29, 1.82) is 0 Å². The molecule has 2 nitrogen and oxygen atoms in total. The summed E-state index contributed by atoms with van der Waals surface area (Å²) in [5.74, 6) is 0.946. The summed E-state index contributed by atoms with van der Waals surface area (Å²) in [6, 6.07) is 9.12. The molecule has 2 rings (SSSR count). The molecule has 1 aliphatic rings. The molecule has 1 fully saturated rings. The SMILES string of the molecule is CCC1CCC(N(C)c2ccc([C@H](O)CC)cc2)CC1. The van der Waals surface area contributed by atoms with Crippen molar-refractivity contribution in [1.82, 2.24) is 0 Å². The number of hydrogen-bond acceptors (Lipinski definition) is 2. The minimum Gasteiger partial charge on any atom is -0.388 e. The maximum absolute atomic E-state index is 9.85. The largest absolute Gasteiger partial charge is 0.388 e. The fraction of sp³-hybridized carbons (Fsp3) is 0.667. The van der Waals surface area contributed by atoms with Crippen LogP contribution in [0.4, 0.5) is 5.69 Å². The highest BCUT2D eigenvalue weighted by atomic mass is 16.3. The van der Waals surface area contributed by atoms with E-state index in [9.17, 15) is 5.11 Å². The summed E-state index contributed by atoms with van der Waals surface area (Å²) >= 11 is 0. The van der Waals surface area contributed by atoms with E-state index in [-0.39, 0.29) is 6.10 Å². The van der Waals surface area contributed by atoms with Crippen molar-refractivity contribution in [3.05, 3.63) is 29.8 Å². The normalized spacial score (nSPS) is 24.4. The smallest absolute Gasteiger partial charge is 0.0787 e. The molecule has 0 unspecified atom stereocenters. The van der Waals surface area contributed by atoms with Gasteiger partial charge in [-0.1, -0.05) is 32.4 Å². The zero-order valence-electron chi connectivity index (χ0n) is 13.2. The molecule has 0 radical (unpaired) electrons. The van der Waals surface area contributed by atoms with Crippen molar-refractivity contribution >= 4 is 5.69 Å². The molecule has 0 aromatic heterocycles. The Morgan fingerprint density at radius 1 is 1.10 bits per heavy atom. The summed E-state index contributed by atoms with van der Waals surface area (Å²) in [5.41, 5.74) is 2.30. The number of anilines is 1. The van der Waals surface area contributed by atoms with E-state index in [0.717, 1.165) is 17.9 Å². The van der Waals surface area contributed by atoms with E-state index >= 15 is 0 Å². The molecule has 1 atom stereocenters. The van der Waals surface area contributed by atoms with Crippen molar-refractivity contribution in [3.63, 3.8) is 0 Å². The molecule has 0 spiro atoms. The predicted molar refractivity (Wildman–Crippen MR) is 86.1 cm³/mol. The number of aliphatic hydroxyl groups excluding tert-OH is 1. The van der Waals surface area contributed by atoms with Gasteiger partial charge in [-0.2, -0.15) is 0 Å². The van der Waals surface area contributed by atoms with Crippen LogP contribution >= 0.6 is 0 Å². The molecule has 1 aliphatic carbocycles. The van der Waals surface area contributed by atoms with Gasteiger partial charge in [0.1, 0.15) is 0 Å². The Hall–Kier alpha value is -1.02. The molecule has 20 heavy (non-hydrogen) atoms. The van der Waals surface area contributed by atoms with Gasteiger partial charge in [0.2, 0.25) is 0 Å². The van der Waals surface area contributed by atoms with Gasteiger partial charge in [0.05, 0.1) is 6.10 Å². The van der Waals surface area contributed by atoms with Crippen LogP contribution in [0.25, 0.3) is 0 Å². The molecule has 1 saturated carbocycles. The standard InChI is InChI=1S/C18H29NO/c1-4-14-6-10-16(11-7-14)19(3)17-12-8-15(9-13-17)18(20)5-2/h8-9,12-14,16,18,20H,4-7,10-11H2,1-3H3/t14?,16?,18-/m1/s1. The highest BCUT2D eigenvalue weighted by molar-refractivity contribution is 5.48. The van der Waals surface area contributed by atoms with Gasteiger partial charge in [0.15, 0.2) is 0 Å². The van der Waals surface area contributed by atoms with Crippen LogP contribution in [0.1, 0.15) is 64.0 Å². The number of nitrogens with zero attached hydrogens (tertiary/aromatic N) is 1. The fourth-order valence-corrected chi connectivity index (χ4v) is 3.32. The number of benzene rings is 1. The van der Waals surface area contributed by atoms with Gasteiger partial charge in [-0.3, -0.25) is 0 Å². The third kappa shape index (κ3) is 3.54. The lowest BCUT2D eigenvalue weighted by Gasteiger charge is -2.36. The molecule has 112 valence electrons. The molecule has 0 amide bonds. The van der Waals surface area contributed by atoms with Gasteiger partial charge in [0, 0.05) is 18.8 Å². The summed E-state index contributed by atoms with van der Waals surface area (Å²) in [7, 11) is 2.21. The van der Waals surface area contributed by atoms with Crippen molar-refractivity contribution in [3.8, 4) is 0 Å². The van der Waals surface area contributed by atoms with Gasteiger partial charge in [-0.15, -0.1) is 0 Å². The first kappa shape index (κ1) is 15.4. The summed E-state index contributed by atoms with van der Waals surface area (Å²) in [6.45, 7) is 4.32. The van der Waals surface area contributed by atoms with Crippen molar-refractivity contribution in [2.45, 2.75) is 64.5 Å². The van der Waals surface area contributed by atoms with Gasteiger partial charge >= 0.3 is 0 Å². The molecule has 0 saturated heterocycles. The predicted octanol–water partition coefficient (Wildman–Crippen LogP) is 4.54. The van der Waals surface area contributed by atoms with Crippen molar-refractivity contribution < 1.29 is 5.11 Å². The second-order valence-corrected chi connectivity index (χ2v) is 6.21. The Morgan fingerprint density at radius 2 is 1.70 bits per heavy atom. The van der Waals surface area contributed by atoms with Crippen LogP contribution in [-0.4, -0.2) is 18.2 Å². The van der Waals surface area contributed by atoms with Crippen LogP contribution in [0.2, 0.25) is 0 Å². The van der Waals surface area contributed by atoms with E-state index in [1.807, 2.05) is 6.92 Å². The van der Waals surface area contributed by atoms with Gasteiger partial charge in [-0.05, 0) is 55.7 Å². The van der Waals surface area contributed by atoms with E-state index < -0.39 is 0 Å². The van der Waals surface area contributed by atoms with Gasteiger partial charge < -0.3 is 10.0 Å². The second kappa shape index (κ2) is 7.12. The van der Waals surface area contributed by atoms with Crippen molar-refractivity contribution in [2.75, 3.05) is 11.9 Å². The van der Waals surface area contributed by atoms with Crippen LogP contribution in [0.15, 0.2) is 24.3 Å². The lowest BCUT2D eigenvalue weighted by atomic mass is 9.84. The van der Waals surface area contributed by atoms with Crippen molar-refractivity contribution in [2.24, 2.45) is 5.92 Å². The van der Waals surface area contributed by atoms with Crippen LogP contribution < -0.4 is 4.90 Å². The molecule has 1 aromatic rings. The zero-order valence-corrected chi connectivity index (χ0v) is 13.2. The molecular weight excluding hydrogens is 246 g/mol. The van der Waals surface area contributed by atoms with Gasteiger partial charge in [-0.25, -0.2) is 0 Å². The Kier molecular flexibility index (Phi) is 5.47. The van der Waals surface area contributed by atoms with Crippen LogP contribution in [0.5, 0.6) is 0 Å².